The zero-order valence-corrected chi connectivity index (χ0v) is 20.8. The second kappa shape index (κ2) is 9.46. The third-order valence-electron chi connectivity index (χ3n) is 5.40. The Balaban J connectivity index is 1.55. The van der Waals surface area contributed by atoms with Gasteiger partial charge in [-0.05, 0) is 64.0 Å². The van der Waals surface area contributed by atoms with Gasteiger partial charge in [0, 0.05) is 15.4 Å². The normalized spacial score (nSPS) is 11.4. The maximum Gasteiger partial charge on any atom is 0.357 e. The molecular weight excluding hydrogens is 548 g/mol. The fourth-order valence-corrected chi connectivity index (χ4v) is 4.90. The van der Waals surface area contributed by atoms with Gasteiger partial charge in [-0.15, -0.1) is 10.2 Å². The van der Waals surface area contributed by atoms with Gasteiger partial charge in [-0.1, -0.05) is 24.3 Å². The molecule has 0 aliphatic rings. The number of furan rings is 1. The van der Waals surface area contributed by atoms with E-state index in [1.807, 2.05) is 52.2 Å². The van der Waals surface area contributed by atoms with Gasteiger partial charge in [-0.3, -0.25) is 14.3 Å². The highest BCUT2D eigenvalue weighted by atomic mass is 79.9. The van der Waals surface area contributed by atoms with Crippen molar-refractivity contribution in [2.45, 2.75) is 6.54 Å². The zero-order valence-electron chi connectivity index (χ0n) is 18.4. The van der Waals surface area contributed by atoms with E-state index in [9.17, 15) is 13.7 Å². The van der Waals surface area contributed by atoms with Crippen molar-refractivity contribution in [1.82, 2.24) is 14.9 Å². The Morgan fingerprint density at radius 3 is 2.56 bits per heavy atom. The number of hydrogen-bond donors (Lipinski definition) is 2. The Hall–Kier alpha value is -4.18. The number of aromatic nitrogens is 3. The summed E-state index contributed by atoms with van der Waals surface area (Å²) >= 11 is 3.34. The number of rotatable bonds is 7. The minimum atomic E-state index is -4.41. The number of halogens is 1. The first-order valence-electron chi connectivity index (χ1n) is 10.5. The third-order valence-corrected chi connectivity index (χ3v) is 6.54. The molecule has 3 aromatic carbocycles. The maximum atomic E-state index is 11.2. The second-order valence-corrected chi connectivity index (χ2v) is 9.79. The summed E-state index contributed by atoms with van der Waals surface area (Å²) in [6.07, 6.45) is 3.09. The molecule has 0 saturated carbocycles. The molecular formula is C24H17BrN6O4S. The Bertz CT molecular complexity index is 1680. The van der Waals surface area contributed by atoms with E-state index >= 15 is 0 Å². The molecule has 0 radical (unpaired) electrons. The SMILES string of the molecule is N#Cc1ccc(N(Cc2ccc(NS(=O)(=O)O)c(Br)c2)n2cnnc2)cc1-c1cc2ccccc2o1. The van der Waals surface area contributed by atoms with Gasteiger partial charge in [-0.25, -0.2) is 4.68 Å². The molecule has 0 fully saturated rings. The molecule has 12 heteroatoms. The fourth-order valence-electron chi connectivity index (χ4n) is 3.79. The van der Waals surface area contributed by atoms with Gasteiger partial charge < -0.3 is 4.42 Å². The summed E-state index contributed by atoms with van der Waals surface area (Å²) in [4.78, 5) is 0. The average Bonchev–Trinajstić information content (AvgIpc) is 3.53. The first kappa shape index (κ1) is 23.6. The highest BCUT2D eigenvalue weighted by Crippen LogP contribution is 2.34. The molecule has 0 atom stereocenters. The molecule has 0 unspecified atom stereocenters. The summed E-state index contributed by atoms with van der Waals surface area (Å²) in [5.41, 5.74) is 3.57. The Kier molecular flexibility index (Phi) is 6.19. The predicted molar refractivity (Wildman–Crippen MR) is 137 cm³/mol. The van der Waals surface area contributed by atoms with Crippen LogP contribution in [0.25, 0.3) is 22.3 Å². The number of anilines is 2. The molecule has 0 aliphatic carbocycles. The molecule has 2 heterocycles. The number of fused-ring (bicyclic) bond motifs is 1. The molecule has 0 aliphatic heterocycles. The first-order valence-corrected chi connectivity index (χ1v) is 12.7. The van der Waals surface area contributed by atoms with Crippen LogP contribution in [0.2, 0.25) is 0 Å². The Morgan fingerprint density at radius 1 is 1.08 bits per heavy atom. The number of hydrogen-bond acceptors (Lipinski definition) is 7. The number of nitrogens with zero attached hydrogens (tertiary/aromatic N) is 5. The second-order valence-electron chi connectivity index (χ2n) is 7.78. The summed E-state index contributed by atoms with van der Waals surface area (Å²) in [6.45, 7) is 0.342. The van der Waals surface area contributed by atoms with Crippen LogP contribution >= 0.6 is 15.9 Å². The number of nitrogens with one attached hydrogen (secondary N) is 1. The molecule has 0 spiro atoms. The van der Waals surface area contributed by atoms with E-state index in [0.717, 1.165) is 22.2 Å². The molecule has 2 aromatic heterocycles. The molecule has 180 valence electrons. The van der Waals surface area contributed by atoms with Gasteiger partial charge in [0.25, 0.3) is 0 Å². The molecule has 5 aromatic rings. The van der Waals surface area contributed by atoms with Crippen molar-refractivity contribution in [3.63, 3.8) is 0 Å². The lowest BCUT2D eigenvalue weighted by molar-refractivity contribution is 0.489. The monoisotopic (exact) mass is 564 g/mol. The van der Waals surface area contributed by atoms with E-state index < -0.39 is 10.3 Å². The van der Waals surface area contributed by atoms with Gasteiger partial charge in [0.05, 0.1) is 29.6 Å². The quantitative estimate of drug-likeness (QED) is 0.263. The lowest BCUT2D eigenvalue weighted by Gasteiger charge is -2.26. The molecule has 0 bridgehead atoms. The van der Waals surface area contributed by atoms with Crippen molar-refractivity contribution in [2.75, 3.05) is 9.73 Å². The van der Waals surface area contributed by atoms with Gasteiger partial charge in [-0.2, -0.15) is 13.7 Å². The summed E-state index contributed by atoms with van der Waals surface area (Å²) in [7, 11) is -4.41. The highest BCUT2D eigenvalue weighted by Gasteiger charge is 2.17. The minimum absolute atomic E-state index is 0.197. The Labute approximate surface area is 214 Å². The molecule has 36 heavy (non-hydrogen) atoms. The van der Waals surface area contributed by atoms with Gasteiger partial charge in [0.15, 0.2) is 0 Å². The molecule has 0 saturated heterocycles. The number of benzene rings is 3. The van der Waals surface area contributed by atoms with Gasteiger partial charge >= 0.3 is 10.3 Å². The van der Waals surface area contributed by atoms with Crippen LogP contribution < -0.4 is 9.73 Å². The largest absolute Gasteiger partial charge is 0.456 e. The van der Waals surface area contributed by atoms with E-state index in [1.165, 1.54) is 6.07 Å². The smallest absolute Gasteiger partial charge is 0.357 e. The summed E-state index contributed by atoms with van der Waals surface area (Å²) in [5, 5.41) is 20.4. The number of nitriles is 1. The van der Waals surface area contributed by atoms with Crippen molar-refractivity contribution >= 4 is 48.6 Å². The van der Waals surface area contributed by atoms with Crippen LogP contribution in [0.4, 0.5) is 11.4 Å². The lowest BCUT2D eigenvalue weighted by Crippen LogP contribution is -2.28. The molecule has 0 amide bonds. The summed E-state index contributed by atoms with van der Waals surface area (Å²) in [6, 6.07) is 22.1. The maximum absolute atomic E-state index is 11.2. The van der Waals surface area contributed by atoms with Crippen LogP contribution in [-0.2, 0) is 16.8 Å². The van der Waals surface area contributed by atoms with E-state index in [4.69, 9.17) is 8.97 Å². The molecule has 10 nitrogen and oxygen atoms in total. The van der Waals surface area contributed by atoms with Gasteiger partial charge in [0.2, 0.25) is 0 Å². The third kappa shape index (κ3) is 4.94. The van der Waals surface area contributed by atoms with Crippen molar-refractivity contribution in [1.29, 1.82) is 5.26 Å². The standard InChI is InChI=1S/C24H17BrN6O4S/c25-21-9-16(5-8-22(21)29-36(32,33)34)13-31(30-14-27-28-15-30)19-7-6-18(12-26)20(11-19)24-10-17-3-1-2-4-23(17)35-24/h1-11,14-15,29H,13H2,(H,32,33,34). The van der Waals surface area contributed by atoms with Crippen LogP contribution in [-0.4, -0.2) is 27.8 Å². The van der Waals surface area contributed by atoms with Crippen LogP contribution in [0, 0.1) is 11.3 Å². The van der Waals surface area contributed by atoms with Crippen LogP contribution in [0.5, 0.6) is 0 Å². The van der Waals surface area contributed by atoms with Crippen LogP contribution in [0.1, 0.15) is 11.1 Å². The Morgan fingerprint density at radius 2 is 1.86 bits per heavy atom. The summed E-state index contributed by atoms with van der Waals surface area (Å²) < 4.78 is 41.7. The highest BCUT2D eigenvalue weighted by molar-refractivity contribution is 9.10. The minimum Gasteiger partial charge on any atom is -0.456 e. The van der Waals surface area contributed by atoms with Gasteiger partial charge in [0.1, 0.15) is 24.0 Å². The first-order chi connectivity index (χ1) is 17.3. The van der Waals surface area contributed by atoms with Crippen molar-refractivity contribution in [3.8, 4) is 17.4 Å². The zero-order chi connectivity index (χ0) is 25.3. The topological polar surface area (TPSA) is 137 Å². The van der Waals surface area contributed by atoms with E-state index in [2.05, 4.69) is 32.2 Å². The van der Waals surface area contributed by atoms with Crippen molar-refractivity contribution in [3.05, 3.63) is 95.0 Å². The summed E-state index contributed by atoms with van der Waals surface area (Å²) in [5.74, 6) is 0.571. The van der Waals surface area contributed by atoms with E-state index in [1.54, 1.807) is 35.5 Å². The average molecular weight is 565 g/mol. The molecule has 5 rings (SSSR count). The number of para-hydroxylation sites is 1. The van der Waals surface area contributed by atoms with E-state index in [-0.39, 0.29) is 5.69 Å². The van der Waals surface area contributed by atoms with Crippen LogP contribution in [0.3, 0.4) is 0 Å². The van der Waals surface area contributed by atoms with E-state index in [0.29, 0.717) is 27.9 Å². The van der Waals surface area contributed by atoms with Crippen molar-refractivity contribution < 1.29 is 17.4 Å². The fraction of sp³-hybridized carbons (Fsp3) is 0.0417. The van der Waals surface area contributed by atoms with Crippen molar-refractivity contribution in [2.24, 2.45) is 0 Å². The van der Waals surface area contributed by atoms with Crippen LogP contribution in [0.15, 0.2) is 88.3 Å². The lowest BCUT2D eigenvalue weighted by atomic mass is 10.0. The predicted octanol–water partition coefficient (Wildman–Crippen LogP) is 5.01. The molecule has 2 N–H and O–H groups in total.